The first-order chi connectivity index (χ1) is 9.69. The summed E-state index contributed by atoms with van der Waals surface area (Å²) in [6.45, 7) is 0.943. The molecule has 7 nitrogen and oxygen atoms in total. The summed E-state index contributed by atoms with van der Waals surface area (Å²) >= 11 is 0. The zero-order valence-electron chi connectivity index (χ0n) is 10.8. The Balaban J connectivity index is 1.99. The van der Waals surface area contributed by atoms with Crippen molar-refractivity contribution in [2.24, 2.45) is 0 Å². The van der Waals surface area contributed by atoms with Crippen molar-refractivity contribution in [1.29, 1.82) is 0 Å². The molecule has 2 heterocycles. The smallest absolute Gasteiger partial charge is 0.271 e. The van der Waals surface area contributed by atoms with Gasteiger partial charge in [-0.3, -0.25) is 15.1 Å². The SMILES string of the molecule is O=[N+]([O-])c1ccc2nc(N3CCC[C@@H]3CO)cnc2c1. The van der Waals surface area contributed by atoms with Crippen molar-refractivity contribution in [2.45, 2.75) is 18.9 Å². The van der Waals surface area contributed by atoms with Crippen molar-refractivity contribution >= 4 is 22.5 Å². The molecule has 3 rings (SSSR count). The number of fused-ring (bicyclic) bond motifs is 1. The molecule has 0 spiro atoms. The lowest BCUT2D eigenvalue weighted by atomic mass is 10.2. The third kappa shape index (κ3) is 2.16. The first-order valence-corrected chi connectivity index (χ1v) is 6.48. The van der Waals surface area contributed by atoms with Gasteiger partial charge in [-0.15, -0.1) is 0 Å². The second kappa shape index (κ2) is 5.01. The molecule has 0 radical (unpaired) electrons. The normalized spacial score (nSPS) is 18.6. The predicted molar refractivity (Wildman–Crippen MR) is 73.6 cm³/mol. The van der Waals surface area contributed by atoms with Gasteiger partial charge < -0.3 is 10.0 Å². The molecule has 1 aromatic carbocycles. The Bertz CT molecular complexity index is 661. The molecule has 0 unspecified atom stereocenters. The number of anilines is 1. The van der Waals surface area contributed by atoms with Crippen molar-refractivity contribution in [3.8, 4) is 0 Å². The topological polar surface area (TPSA) is 92.4 Å². The molecule has 1 atom stereocenters. The Morgan fingerprint density at radius 2 is 2.30 bits per heavy atom. The molecule has 1 aliphatic heterocycles. The van der Waals surface area contributed by atoms with Crippen LogP contribution in [0.3, 0.4) is 0 Å². The summed E-state index contributed by atoms with van der Waals surface area (Å²) in [6.07, 6.45) is 3.57. The van der Waals surface area contributed by atoms with Gasteiger partial charge in [-0.2, -0.15) is 0 Å². The van der Waals surface area contributed by atoms with Crippen molar-refractivity contribution < 1.29 is 10.0 Å². The summed E-state index contributed by atoms with van der Waals surface area (Å²) in [5, 5.41) is 20.1. The number of rotatable bonds is 3. The largest absolute Gasteiger partial charge is 0.394 e. The molecule has 2 aromatic rings. The van der Waals surface area contributed by atoms with E-state index in [-0.39, 0.29) is 18.3 Å². The highest BCUT2D eigenvalue weighted by atomic mass is 16.6. The Labute approximate surface area is 115 Å². The second-order valence-corrected chi connectivity index (χ2v) is 4.83. The predicted octanol–water partition coefficient (Wildman–Crippen LogP) is 1.50. The van der Waals surface area contributed by atoms with Crippen molar-refractivity contribution in [2.75, 3.05) is 18.1 Å². The van der Waals surface area contributed by atoms with Gasteiger partial charge in [0, 0.05) is 18.7 Å². The number of nitro benzene ring substituents is 1. The summed E-state index contributed by atoms with van der Waals surface area (Å²) in [4.78, 5) is 21.0. The molecule has 1 N–H and O–H groups in total. The van der Waals surface area contributed by atoms with Crippen molar-refractivity contribution in [3.05, 3.63) is 34.5 Å². The van der Waals surface area contributed by atoms with E-state index in [1.807, 2.05) is 4.90 Å². The Kier molecular flexibility index (Phi) is 3.19. The van der Waals surface area contributed by atoms with Crippen LogP contribution >= 0.6 is 0 Å². The number of aliphatic hydroxyl groups excluding tert-OH is 1. The molecule has 20 heavy (non-hydrogen) atoms. The molecule has 0 amide bonds. The van der Waals surface area contributed by atoms with Gasteiger partial charge in [-0.25, -0.2) is 4.98 Å². The summed E-state index contributed by atoms with van der Waals surface area (Å²) in [6, 6.07) is 4.53. The minimum absolute atomic E-state index is 0.00829. The highest BCUT2D eigenvalue weighted by Gasteiger charge is 2.25. The molecule has 7 heteroatoms. The van der Waals surface area contributed by atoms with E-state index < -0.39 is 4.92 Å². The van der Waals surface area contributed by atoms with E-state index in [0.29, 0.717) is 16.9 Å². The summed E-state index contributed by atoms with van der Waals surface area (Å²) < 4.78 is 0. The van der Waals surface area contributed by atoms with Crippen molar-refractivity contribution in [1.82, 2.24) is 9.97 Å². The maximum Gasteiger partial charge on any atom is 0.271 e. The van der Waals surface area contributed by atoms with Gasteiger partial charge in [0.25, 0.3) is 5.69 Å². The van der Waals surface area contributed by atoms with Crippen LogP contribution in [0.4, 0.5) is 11.5 Å². The molecule has 1 aromatic heterocycles. The number of aliphatic hydroxyl groups is 1. The van der Waals surface area contributed by atoms with E-state index in [2.05, 4.69) is 9.97 Å². The van der Waals surface area contributed by atoms with E-state index in [0.717, 1.165) is 19.4 Å². The highest BCUT2D eigenvalue weighted by molar-refractivity contribution is 5.78. The Hall–Kier alpha value is -2.28. The number of nitrogens with zero attached hydrogens (tertiary/aromatic N) is 4. The van der Waals surface area contributed by atoms with Crippen LogP contribution in [0.1, 0.15) is 12.8 Å². The van der Waals surface area contributed by atoms with Crippen LogP contribution in [-0.4, -0.2) is 39.2 Å². The van der Waals surface area contributed by atoms with Gasteiger partial charge in [0.05, 0.1) is 34.8 Å². The molecular weight excluding hydrogens is 260 g/mol. The Morgan fingerprint density at radius 3 is 3.05 bits per heavy atom. The fraction of sp³-hybridized carbons (Fsp3) is 0.385. The number of benzene rings is 1. The maximum atomic E-state index is 10.7. The van der Waals surface area contributed by atoms with Crippen LogP contribution < -0.4 is 4.90 Å². The van der Waals surface area contributed by atoms with Crippen LogP contribution in [-0.2, 0) is 0 Å². The van der Waals surface area contributed by atoms with E-state index >= 15 is 0 Å². The van der Waals surface area contributed by atoms with Crippen LogP contribution in [0.5, 0.6) is 0 Å². The number of hydrogen-bond donors (Lipinski definition) is 1. The van der Waals surface area contributed by atoms with Crippen LogP contribution in [0.25, 0.3) is 11.0 Å². The summed E-state index contributed by atoms with van der Waals surface area (Å²) in [5.74, 6) is 0.711. The average Bonchev–Trinajstić information content (AvgIpc) is 2.94. The zero-order valence-corrected chi connectivity index (χ0v) is 10.8. The lowest BCUT2D eigenvalue weighted by Gasteiger charge is -2.23. The van der Waals surface area contributed by atoms with Crippen LogP contribution in [0, 0.1) is 10.1 Å². The first kappa shape index (κ1) is 12.7. The van der Waals surface area contributed by atoms with E-state index in [1.54, 1.807) is 12.3 Å². The first-order valence-electron chi connectivity index (χ1n) is 6.48. The maximum absolute atomic E-state index is 10.7. The third-order valence-corrected chi connectivity index (χ3v) is 3.61. The number of non-ortho nitro benzene ring substituents is 1. The van der Waals surface area contributed by atoms with Crippen molar-refractivity contribution in [3.63, 3.8) is 0 Å². The van der Waals surface area contributed by atoms with Gasteiger partial charge in [-0.1, -0.05) is 0 Å². The molecule has 104 valence electrons. The van der Waals surface area contributed by atoms with Crippen LogP contribution in [0.15, 0.2) is 24.4 Å². The van der Waals surface area contributed by atoms with E-state index in [4.69, 9.17) is 0 Å². The molecule has 1 saturated heterocycles. The second-order valence-electron chi connectivity index (χ2n) is 4.83. The third-order valence-electron chi connectivity index (χ3n) is 3.61. The number of nitro groups is 1. The number of hydrogen-bond acceptors (Lipinski definition) is 6. The van der Waals surface area contributed by atoms with Gasteiger partial charge in [0.2, 0.25) is 0 Å². The summed E-state index contributed by atoms with van der Waals surface area (Å²) in [5.41, 5.74) is 1.13. The van der Waals surface area contributed by atoms with Crippen LogP contribution in [0.2, 0.25) is 0 Å². The fourth-order valence-corrected chi connectivity index (χ4v) is 2.57. The monoisotopic (exact) mass is 274 g/mol. The highest BCUT2D eigenvalue weighted by Crippen LogP contribution is 2.25. The van der Waals surface area contributed by atoms with Gasteiger partial charge in [-0.05, 0) is 18.9 Å². The van der Waals surface area contributed by atoms with Gasteiger partial charge in [0.1, 0.15) is 5.82 Å². The van der Waals surface area contributed by atoms with E-state index in [1.165, 1.54) is 12.1 Å². The minimum atomic E-state index is -0.447. The fourth-order valence-electron chi connectivity index (χ4n) is 2.57. The molecule has 1 fully saturated rings. The molecule has 0 bridgehead atoms. The standard InChI is InChI=1S/C13H14N4O3/c18-8-10-2-1-5-16(10)13-7-14-12-6-9(17(19)20)3-4-11(12)15-13/h3-4,6-7,10,18H,1-2,5,8H2/t10-/m1/s1. The van der Waals surface area contributed by atoms with E-state index in [9.17, 15) is 15.2 Å². The Morgan fingerprint density at radius 1 is 1.45 bits per heavy atom. The summed E-state index contributed by atoms with van der Waals surface area (Å²) in [7, 11) is 0. The zero-order chi connectivity index (χ0) is 14.1. The lowest BCUT2D eigenvalue weighted by molar-refractivity contribution is -0.384. The molecule has 0 saturated carbocycles. The number of aromatic nitrogens is 2. The minimum Gasteiger partial charge on any atom is -0.394 e. The molecular formula is C13H14N4O3. The van der Waals surface area contributed by atoms with Gasteiger partial charge in [0.15, 0.2) is 0 Å². The lowest BCUT2D eigenvalue weighted by Crippen LogP contribution is -2.32. The average molecular weight is 274 g/mol. The quantitative estimate of drug-likeness (QED) is 0.673. The van der Waals surface area contributed by atoms with Gasteiger partial charge >= 0.3 is 0 Å². The molecule has 0 aliphatic carbocycles. The molecule has 1 aliphatic rings.